The first-order valence-electron chi connectivity index (χ1n) is 9.91. The molecular weight excluding hydrogens is 501 g/mol. The van der Waals surface area contributed by atoms with Crippen molar-refractivity contribution in [3.63, 3.8) is 0 Å². The Balaban J connectivity index is 0.00000300. The van der Waals surface area contributed by atoms with Crippen LogP contribution >= 0.6 is 35.6 Å². The van der Waals surface area contributed by atoms with Gasteiger partial charge in [0.2, 0.25) is 0 Å². The van der Waals surface area contributed by atoms with Crippen molar-refractivity contribution in [2.75, 3.05) is 19.6 Å². The average molecular weight is 532 g/mol. The van der Waals surface area contributed by atoms with E-state index < -0.39 is 0 Å². The smallest absolute Gasteiger partial charge is 0.191 e. The van der Waals surface area contributed by atoms with Crippen molar-refractivity contribution < 1.29 is 0 Å². The molecule has 0 bridgehead atoms. The summed E-state index contributed by atoms with van der Waals surface area (Å²) < 4.78 is 1.97. The summed E-state index contributed by atoms with van der Waals surface area (Å²) in [6.07, 6.45) is 2.20. The van der Waals surface area contributed by atoms with Gasteiger partial charge in [0.1, 0.15) is 12.4 Å². The zero-order chi connectivity index (χ0) is 19.9. The lowest BCUT2D eigenvalue weighted by atomic mass is 10.0. The third-order valence-electron chi connectivity index (χ3n) is 5.15. The number of likely N-dealkylation sites (tertiary alicyclic amines) is 1. The van der Waals surface area contributed by atoms with Gasteiger partial charge >= 0.3 is 0 Å². The van der Waals surface area contributed by atoms with Crippen molar-refractivity contribution in [2.24, 2.45) is 12.0 Å². The first-order valence-corrected chi connectivity index (χ1v) is 10.3. The van der Waals surface area contributed by atoms with Crippen LogP contribution in [0.1, 0.15) is 37.0 Å². The highest BCUT2D eigenvalue weighted by Gasteiger charge is 2.20. The monoisotopic (exact) mass is 531 g/mol. The largest absolute Gasteiger partial charge is 0.357 e. The van der Waals surface area contributed by atoms with Crippen molar-refractivity contribution in [1.82, 2.24) is 30.3 Å². The molecule has 0 radical (unpaired) electrons. The topological polar surface area (TPSA) is 70.4 Å². The Bertz CT molecular complexity index is 783. The fourth-order valence-electron chi connectivity index (χ4n) is 3.34. The van der Waals surface area contributed by atoms with Crippen LogP contribution in [-0.4, -0.2) is 51.3 Å². The van der Waals surface area contributed by atoms with Gasteiger partial charge in [0.15, 0.2) is 11.8 Å². The van der Waals surface area contributed by atoms with E-state index in [0.29, 0.717) is 12.6 Å². The highest BCUT2D eigenvalue weighted by Crippen LogP contribution is 2.16. The van der Waals surface area contributed by atoms with E-state index in [4.69, 9.17) is 16.6 Å². The molecule has 0 saturated carbocycles. The molecule has 1 aromatic carbocycles. The number of hydrogen-bond donors (Lipinski definition) is 2. The summed E-state index contributed by atoms with van der Waals surface area (Å²) in [4.78, 5) is 7.19. The molecule has 3 rings (SSSR count). The first-order chi connectivity index (χ1) is 13.5. The third-order valence-corrected chi connectivity index (χ3v) is 5.41. The minimum absolute atomic E-state index is 0. The molecule has 1 aliphatic heterocycles. The Hall–Kier alpha value is -1.39. The normalized spacial score (nSPS) is 15.8. The van der Waals surface area contributed by atoms with Gasteiger partial charge in [-0.05, 0) is 44.4 Å². The maximum absolute atomic E-state index is 5.97. The van der Waals surface area contributed by atoms with E-state index in [1.54, 1.807) is 0 Å². The van der Waals surface area contributed by atoms with Gasteiger partial charge in [-0.25, -0.2) is 4.99 Å². The number of aryl methyl sites for hydroxylation is 1. The van der Waals surface area contributed by atoms with Crippen LogP contribution in [0.5, 0.6) is 0 Å². The standard InChI is InChI=1S/C20H30ClN7.HI/c1-4-22-20(23-13-19-26-25-15(2)27(19)3)24-18-9-11-28(12-10-18)14-16-5-7-17(21)8-6-16;/h5-8,18H,4,9-14H2,1-3H3,(H2,22,23,24);1H. The molecule has 0 unspecified atom stereocenters. The lowest BCUT2D eigenvalue weighted by Crippen LogP contribution is -2.48. The Labute approximate surface area is 195 Å². The summed E-state index contributed by atoms with van der Waals surface area (Å²) in [7, 11) is 1.97. The van der Waals surface area contributed by atoms with Gasteiger partial charge in [-0.3, -0.25) is 4.90 Å². The van der Waals surface area contributed by atoms with Gasteiger partial charge in [0.05, 0.1) is 0 Å². The summed E-state index contributed by atoms with van der Waals surface area (Å²) in [5, 5.41) is 16.0. The SMILES string of the molecule is CCNC(=NCc1nnc(C)n1C)NC1CCN(Cc2ccc(Cl)cc2)CC1.I. The molecule has 160 valence electrons. The van der Waals surface area contributed by atoms with E-state index in [2.05, 4.69) is 44.8 Å². The van der Waals surface area contributed by atoms with E-state index in [9.17, 15) is 0 Å². The minimum atomic E-state index is 0. The Morgan fingerprint density at radius 2 is 1.90 bits per heavy atom. The fourth-order valence-corrected chi connectivity index (χ4v) is 3.46. The predicted octanol–water partition coefficient (Wildman–Crippen LogP) is 3.11. The van der Waals surface area contributed by atoms with E-state index >= 15 is 0 Å². The van der Waals surface area contributed by atoms with Gasteiger partial charge in [-0.15, -0.1) is 34.2 Å². The number of guanidine groups is 1. The lowest BCUT2D eigenvalue weighted by molar-refractivity contribution is 0.198. The predicted molar refractivity (Wildman–Crippen MR) is 129 cm³/mol. The number of aromatic nitrogens is 3. The molecular formula is C20H31ClIN7. The summed E-state index contributed by atoms with van der Waals surface area (Å²) in [5.74, 6) is 2.61. The Morgan fingerprint density at radius 3 is 2.48 bits per heavy atom. The fraction of sp³-hybridized carbons (Fsp3) is 0.550. The van der Waals surface area contributed by atoms with Crippen LogP contribution in [0.25, 0.3) is 0 Å². The maximum Gasteiger partial charge on any atom is 0.191 e. The number of rotatable bonds is 6. The molecule has 9 heteroatoms. The zero-order valence-corrected chi connectivity index (χ0v) is 20.4. The third kappa shape index (κ3) is 7.11. The van der Waals surface area contributed by atoms with Gasteiger partial charge in [0.25, 0.3) is 0 Å². The molecule has 7 nitrogen and oxygen atoms in total. The molecule has 1 aromatic heterocycles. The summed E-state index contributed by atoms with van der Waals surface area (Å²) in [6.45, 7) is 8.50. The number of piperidine rings is 1. The average Bonchev–Trinajstić information content (AvgIpc) is 3.01. The van der Waals surface area contributed by atoms with Crippen molar-refractivity contribution in [1.29, 1.82) is 0 Å². The number of nitrogens with zero attached hydrogens (tertiary/aromatic N) is 5. The van der Waals surface area contributed by atoms with Crippen LogP contribution in [0.15, 0.2) is 29.3 Å². The summed E-state index contributed by atoms with van der Waals surface area (Å²) >= 11 is 5.97. The van der Waals surface area contributed by atoms with Gasteiger partial charge < -0.3 is 15.2 Å². The highest BCUT2D eigenvalue weighted by molar-refractivity contribution is 14.0. The number of halogens is 2. The molecule has 0 spiro atoms. The van der Waals surface area contributed by atoms with Gasteiger partial charge in [-0.2, -0.15) is 0 Å². The molecule has 29 heavy (non-hydrogen) atoms. The molecule has 0 atom stereocenters. The minimum Gasteiger partial charge on any atom is -0.357 e. The van der Waals surface area contributed by atoms with Crippen molar-refractivity contribution >= 4 is 41.5 Å². The molecule has 1 fully saturated rings. The van der Waals surface area contributed by atoms with Crippen LogP contribution in [0.3, 0.4) is 0 Å². The summed E-state index contributed by atoms with van der Waals surface area (Å²) in [6, 6.07) is 8.57. The van der Waals surface area contributed by atoms with Gasteiger partial charge in [0, 0.05) is 44.3 Å². The molecule has 1 saturated heterocycles. The van der Waals surface area contributed by atoms with Gasteiger partial charge in [-0.1, -0.05) is 23.7 Å². The molecule has 0 amide bonds. The van der Waals surface area contributed by atoms with Crippen LogP contribution in [0, 0.1) is 6.92 Å². The highest BCUT2D eigenvalue weighted by atomic mass is 127. The second-order valence-electron chi connectivity index (χ2n) is 7.24. The molecule has 0 aliphatic carbocycles. The quantitative estimate of drug-likeness (QED) is 0.341. The molecule has 2 aromatic rings. The molecule has 2 heterocycles. The second-order valence-corrected chi connectivity index (χ2v) is 7.68. The van der Waals surface area contributed by atoms with Crippen LogP contribution in [0.2, 0.25) is 5.02 Å². The Morgan fingerprint density at radius 1 is 1.21 bits per heavy atom. The van der Waals surface area contributed by atoms with E-state index in [1.165, 1.54) is 5.56 Å². The lowest BCUT2D eigenvalue weighted by Gasteiger charge is -2.33. The van der Waals surface area contributed by atoms with Crippen molar-refractivity contribution in [2.45, 2.75) is 45.8 Å². The van der Waals surface area contributed by atoms with Crippen molar-refractivity contribution in [3.8, 4) is 0 Å². The number of hydrogen-bond acceptors (Lipinski definition) is 4. The van der Waals surface area contributed by atoms with Crippen LogP contribution in [-0.2, 0) is 20.1 Å². The van der Waals surface area contributed by atoms with Crippen LogP contribution in [0.4, 0.5) is 0 Å². The number of benzene rings is 1. The first kappa shape index (κ1) is 23.9. The zero-order valence-electron chi connectivity index (χ0n) is 17.4. The number of nitrogens with one attached hydrogen (secondary N) is 2. The van der Waals surface area contributed by atoms with E-state index in [-0.39, 0.29) is 24.0 Å². The Kier molecular flexibility index (Phi) is 9.64. The van der Waals surface area contributed by atoms with Crippen molar-refractivity contribution in [3.05, 3.63) is 46.5 Å². The molecule has 1 aliphatic rings. The number of aliphatic imine (C=N–C) groups is 1. The molecule has 2 N–H and O–H groups in total. The van der Waals surface area contributed by atoms with E-state index in [1.807, 2.05) is 30.7 Å². The van der Waals surface area contributed by atoms with Crippen LogP contribution < -0.4 is 10.6 Å². The summed E-state index contributed by atoms with van der Waals surface area (Å²) in [5.41, 5.74) is 1.31. The maximum atomic E-state index is 5.97. The second kappa shape index (κ2) is 11.7. The van der Waals surface area contributed by atoms with E-state index in [0.717, 1.165) is 61.7 Å².